The molecule has 0 saturated heterocycles. The van der Waals surface area contributed by atoms with Gasteiger partial charge in [0.25, 0.3) is 0 Å². The molecule has 162 valence electrons. The molecule has 0 atom stereocenters. The molecule has 6 heteroatoms. The van der Waals surface area contributed by atoms with Gasteiger partial charge in [0.15, 0.2) is 0 Å². The summed E-state index contributed by atoms with van der Waals surface area (Å²) in [5.74, 6) is 0.699. The Bertz CT molecular complexity index is 1050. The Morgan fingerprint density at radius 2 is 1.67 bits per heavy atom. The highest BCUT2D eigenvalue weighted by molar-refractivity contribution is 7.91. The number of sulfone groups is 1. The number of benzene rings is 1. The second-order valence-corrected chi connectivity index (χ2v) is 9.54. The largest absolute Gasteiger partial charge is 0.494 e. The van der Waals surface area contributed by atoms with Crippen LogP contribution in [-0.4, -0.2) is 44.0 Å². The Morgan fingerprint density at radius 1 is 0.967 bits per heavy atom. The molecule has 0 N–H and O–H groups in total. The van der Waals surface area contributed by atoms with Crippen LogP contribution in [0.25, 0.3) is 5.52 Å². The van der Waals surface area contributed by atoms with Gasteiger partial charge in [0.05, 0.1) is 17.0 Å². The van der Waals surface area contributed by atoms with E-state index < -0.39 is 9.84 Å². The smallest absolute Gasteiger partial charge is 0.208 e. The second-order valence-electron chi connectivity index (χ2n) is 7.65. The van der Waals surface area contributed by atoms with E-state index in [9.17, 15) is 8.42 Å². The second kappa shape index (κ2) is 10.1. The SMILES string of the molecule is CCCN(CCC)CCCOc1ccc(S(=O)(=O)c2c(C)cn3ccccc23)cc1. The van der Waals surface area contributed by atoms with Gasteiger partial charge in [-0.1, -0.05) is 19.9 Å². The lowest BCUT2D eigenvalue weighted by Crippen LogP contribution is -2.27. The predicted octanol–water partition coefficient (Wildman–Crippen LogP) is 4.97. The first kappa shape index (κ1) is 22.4. The molecule has 3 aromatic rings. The molecule has 30 heavy (non-hydrogen) atoms. The summed E-state index contributed by atoms with van der Waals surface area (Å²) in [6.45, 7) is 10.1. The molecule has 0 fully saturated rings. The summed E-state index contributed by atoms with van der Waals surface area (Å²) in [6, 6.07) is 12.3. The van der Waals surface area contributed by atoms with E-state index in [1.54, 1.807) is 24.3 Å². The van der Waals surface area contributed by atoms with Crippen molar-refractivity contribution in [1.82, 2.24) is 9.30 Å². The highest BCUT2D eigenvalue weighted by Gasteiger charge is 2.24. The summed E-state index contributed by atoms with van der Waals surface area (Å²) in [4.78, 5) is 3.11. The molecule has 3 rings (SSSR count). The van der Waals surface area contributed by atoms with Crippen LogP contribution >= 0.6 is 0 Å². The summed E-state index contributed by atoms with van der Waals surface area (Å²) in [7, 11) is -3.60. The van der Waals surface area contributed by atoms with Crippen molar-refractivity contribution >= 4 is 15.4 Å². The zero-order valence-corrected chi connectivity index (χ0v) is 19.0. The van der Waals surface area contributed by atoms with Gasteiger partial charge in [0, 0.05) is 18.9 Å². The molecule has 0 radical (unpaired) electrons. The van der Waals surface area contributed by atoms with E-state index in [2.05, 4.69) is 18.7 Å². The molecule has 0 aliphatic rings. The van der Waals surface area contributed by atoms with Crippen LogP contribution in [0.3, 0.4) is 0 Å². The normalized spacial score (nSPS) is 12.0. The van der Waals surface area contributed by atoms with E-state index in [1.165, 1.54) is 0 Å². The van der Waals surface area contributed by atoms with E-state index in [4.69, 9.17) is 4.74 Å². The highest BCUT2D eigenvalue weighted by atomic mass is 32.2. The number of rotatable bonds is 11. The Labute approximate surface area is 180 Å². The Kier molecular flexibility index (Phi) is 7.56. The minimum atomic E-state index is -3.60. The van der Waals surface area contributed by atoms with Crippen LogP contribution < -0.4 is 4.74 Å². The molecule has 1 aromatic carbocycles. The van der Waals surface area contributed by atoms with Crippen molar-refractivity contribution in [3.05, 3.63) is 60.4 Å². The molecule has 0 amide bonds. The topological polar surface area (TPSA) is 51.0 Å². The van der Waals surface area contributed by atoms with Crippen LogP contribution in [0.1, 0.15) is 38.7 Å². The van der Waals surface area contributed by atoms with Crippen LogP contribution in [-0.2, 0) is 9.84 Å². The predicted molar refractivity (Wildman–Crippen MR) is 121 cm³/mol. The van der Waals surface area contributed by atoms with E-state index in [0.29, 0.717) is 22.8 Å². The molecular weight excluding hydrogens is 396 g/mol. The van der Waals surface area contributed by atoms with Crippen molar-refractivity contribution in [2.75, 3.05) is 26.2 Å². The lowest BCUT2D eigenvalue weighted by molar-refractivity contribution is 0.234. The van der Waals surface area contributed by atoms with Crippen LogP contribution in [0.2, 0.25) is 0 Å². The molecule has 0 unspecified atom stereocenters. The fourth-order valence-electron chi connectivity index (χ4n) is 3.86. The third-order valence-electron chi connectivity index (χ3n) is 5.18. The van der Waals surface area contributed by atoms with Crippen molar-refractivity contribution in [2.24, 2.45) is 0 Å². The minimum absolute atomic E-state index is 0.284. The lowest BCUT2D eigenvalue weighted by Gasteiger charge is -2.20. The van der Waals surface area contributed by atoms with Gasteiger partial charge in [-0.25, -0.2) is 8.42 Å². The molecule has 0 aliphatic heterocycles. The zero-order valence-electron chi connectivity index (χ0n) is 18.2. The first-order valence-corrected chi connectivity index (χ1v) is 12.2. The Morgan fingerprint density at radius 3 is 2.33 bits per heavy atom. The third-order valence-corrected chi connectivity index (χ3v) is 7.14. The maximum absolute atomic E-state index is 13.2. The van der Waals surface area contributed by atoms with Gasteiger partial charge in [-0.2, -0.15) is 0 Å². The number of fused-ring (bicyclic) bond motifs is 1. The average molecular weight is 429 g/mol. The Balaban J connectivity index is 1.66. The first-order valence-electron chi connectivity index (χ1n) is 10.7. The molecule has 0 saturated carbocycles. The van der Waals surface area contributed by atoms with E-state index in [-0.39, 0.29) is 4.90 Å². The summed E-state index contributed by atoms with van der Waals surface area (Å²) in [5.41, 5.74) is 1.43. The standard InChI is InChI=1S/C24H32N2O3S/c1-4-14-25(15-5-2)16-8-18-29-21-10-12-22(13-11-21)30(27,28)24-20(3)19-26-17-7-6-9-23(24)26/h6-7,9-13,17,19H,4-5,8,14-16,18H2,1-3H3. The number of hydrogen-bond donors (Lipinski definition) is 0. The van der Waals surface area contributed by atoms with E-state index in [1.807, 2.05) is 41.9 Å². The Hall–Kier alpha value is -2.31. The quantitative estimate of drug-likeness (QED) is 0.405. The van der Waals surface area contributed by atoms with Crippen molar-refractivity contribution in [2.45, 2.75) is 49.8 Å². The van der Waals surface area contributed by atoms with Crippen molar-refractivity contribution in [3.63, 3.8) is 0 Å². The summed E-state index contributed by atoms with van der Waals surface area (Å²) in [6.07, 6.45) is 6.98. The van der Waals surface area contributed by atoms with Crippen LogP contribution in [0.5, 0.6) is 5.75 Å². The minimum Gasteiger partial charge on any atom is -0.494 e. The number of nitrogens with zero attached hydrogens (tertiary/aromatic N) is 2. The lowest BCUT2D eigenvalue weighted by atomic mass is 10.3. The number of aromatic nitrogens is 1. The molecule has 2 aromatic heterocycles. The maximum Gasteiger partial charge on any atom is 0.208 e. The van der Waals surface area contributed by atoms with Crippen molar-refractivity contribution < 1.29 is 13.2 Å². The average Bonchev–Trinajstić information content (AvgIpc) is 3.08. The van der Waals surface area contributed by atoms with Crippen LogP contribution in [0.4, 0.5) is 0 Å². The summed E-state index contributed by atoms with van der Waals surface area (Å²) >= 11 is 0. The molecule has 0 aliphatic carbocycles. The van der Waals surface area contributed by atoms with Gasteiger partial charge >= 0.3 is 0 Å². The molecule has 0 bridgehead atoms. The van der Waals surface area contributed by atoms with Gasteiger partial charge in [-0.3, -0.25) is 0 Å². The number of hydrogen-bond acceptors (Lipinski definition) is 4. The molecule has 2 heterocycles. The van der Waals surface area contributed by atoms with Crippen molar-refractivity contribution in [1.29, 1.82) is 0 Å². The number of pyridine rings is 1. The van der Waals surface area contributed by atoms with Gasteiger partial charge in [0.2, 0.25) is 9.84 Å². The molecular formula is C24H32N2O3S. The fraction of sp³-hybridized carbons (Fsp3) is 0.417. The number of aryl methyl sites for hydroxylation is 1. The highest BCUT2D eigenvalue weighted by Crippen LogP contribution is 2.30. The molecule has 0 spiro atoms. The third kappa shape index (κ3) is 5.05. The van der Waals surface area contributed by atoms with Crippen molar-refractivity contribution in [3.8, 4) is 5.75 Å². The molecule has 5 nitrogen and oxygen atoms in total. The monoisotopic (exact) mass is 428 g/mol. The summed E-state index contributed by atoms with van der Waals surface area (Å²) in [5, 5.41) is 0. The van der Waals surface area contributed by atoms with E-state index >= 15 is 0 Å². The zero-order chi connectivity index (χ0) is 21.6. The van der Waals surface area contributed by atoms with Gasteiger partial charge < -0.3 is 14.0 Å². The van der Waals surface area contributed by atoms with Gasteiger partial charge in [0.1, 0.15) is 10.6 Å². The van der Waals surface area contributed by atoms with Gasteiger partial charge in [-0.15, -0.1) is 0 Å². The maximum atomic E-state index is 13.2. The van der Waals surface area contributed by atoms with Crippen LogP contribution in [0.15, 0.2) is 64.6 Å². The fourth-order valence-corrected chi connectivity index (χ4v) is 5.51. The first-order chi connectivity index (χ1) is 14.5. The van der Waals surface area contributed by atoms with Crippen LogP contribution in [0, 0.1) is 6.92 Å². The number of ether oxygens (including phenoxy) is 1. The summed E-state index contributed by atoms with van der Waals surface area (Å²) < 4.78 is 34.2. The van der Waals surface area contributed by atoms with Gasteiger partial charge in [-0.05, 0) is 81.2 Å². The van der Waals surface area contributed by atoms with E-state index in [0.717, 1.165) is 44.5 Å².